The van der Waals surface area contributed by atoms with Gasteiger partial charge in [-0.1, -0.05) is 26.8 Å². The molecule has 0 radical (unpaired) electrons. The third-order valence-corrected chi connectivity index (χ3v) is 2.72. The minimum Gasteiger partial charge on any atom is -0.405 e. The molecule has 1 aromatic heterocycles. The van der Waals surface area contributed by atoms with E-state index in [0.717, 1.165) is 0 Å². The average molecular weight is 269 g/mol. The number of aromatic nitrogens is 1. The third kappa shape index (κ3) is 2.97. The molecular formula is C14H14F3NO. The van der Waals surface area contributed by atoms with Crippen LogP contribution in [-0.4, -0.2) is 11.3 Å². The summed E-state index contributed by atoms with van der Waals surface area (Å²) in [7, 11) is 0. The van der Waals surface area contributed by atoms with E-state index in [4.69, 9.17) is 0 Å². The van der Waals surface area contributed by atoms with Gasteiger partial charge in [-0.15, -0.1) is 13.2 Å². The van der Waals surface area contributed by atoms with Crippen molar-refractivity contribution < 1.29 is 17.9 Å². The number of nitrogens with zero attached hydrogens (tertiary/aromatic N) is 1. The molecule has 0 unspecified atom stereocenters. The van der Waals surface area contributed by atoms with E-state index in [-0.39, 0.29) is 5.75 Å². The van der Waals surface area contributed by atoms with Crippen molar-refractivity contribution in [3.63, 3.8) is 0 Å². The van der Waals surface area contributed by atoms with Gasteiger partial charge in [-0.3, -0.25) is 4.98 Å². The van der Waals surface area contributed by atoms with Gasteiger partial charge in [-0.25, -0.2) is 0 Å². The number of rotatable bonds is 1. The lowest BCUT2D eigenvalue weighted by atomic mass is 9.83. The van der Waals surface area contributed by atoms with Crippen molar-refractivity contribution in [3.8, 4) is 5.75 Å². The highest BCUT2D eigenvalue weighted by molar-refractivity contribution is 5.85. The SMILES string of the molecule is CC(C)(C)c1c(OC(F)(F)F)ccc2ncccc12. The lowest BCUT2D eigenvalue weighted by Crippen LogP contribution is -2.21. The van der Waals surface area contributed by atoms with Crippen molar-refractivity contribution in [1.29, 1.82) is 0 Å². The summed E-state index contributed by atoms with van der Waals surface area (Å²) in [5.74, 6) is -0.166. The first-order chi connectivity index (χ1) is 8.68. The van der Waals surface area contributed by atoms with Crippen molar-refractivity contribution in [2.24, 2.45) is 0 Å². The molecule has 0 amide bonds. The molecule has 2 rings (SSSR count). The highest BCUT2D eigenvalue weighted by Crippen LogP contribution is 2.39. The van der Waals surface area contributed by atoms with E-state index in [0.29, 0.717) is 16.5 Å². The van der Waals surface area contributed by atoms with Gasteiger partial charge in [0.15, 0.2) is 0 Å². The van der Waals surface area contributed by atoms with E-state index < -0.39 is 11.8 Å². The summed E-state index contributed by atoms with van der Waals surface area (Å²) in [6.07, 6.45) is -3.09. The van der Waals surface area contributed by atoms with Crippen LogP contribution in [0.5, 0.6) is 5.75 Å². The van der Waals surface area contributed by atoms with Crippen LogP contribution in [0.25, 0.3) is 10.9 Å². The van der Waals surface area contributed by atoms with Gasteiger partial charge in [0.2, 0.25) is 0 Å². The maximum Gasteiger partial charge on any atom is 0.573 e. The molecule has 0 aliphatic heterocycles. The molecule has 0 bridgehead atoms. The monoisotopic (exact) mass is 269 g/mol. The van der Waals surface area contributed by atoms with Gasteiger partial charge in [0.25, 0.3) is 0 Å². The third-order valence-electron chi connectivity index (χ3n) is 2.72. The standard InChI is InChI=1S/C14H14F3NO/c1-13(2,3)12-9-5-4-8-18-10(9)6-7-11(12)19-14(15,16)17/h4-8H,1-3H3. The van der Waals surface area contributed by atoms with Crippen molar-refractivity contribution in [3.05, 3.63) is 36.0 Å². The average Bonchev–Trinajstić information content (AvgIpc) is 2.24. The van der Waals surface area contributed by atoms with Gasteiger partial charge < -0.3 is 4.74 Å². The van der Waals surface area contributed by atoms with Crippen LogP contribution in [0.4, 0.5) is 13.2 Å². The molecule has 0 N–H and O–H groups in total. The zero-order chi connectivity index (χ0) is 14.3. The summed E-state index contributed by atoms with van der Waals surface area (Å²) in [5, 5.41) is 0.678. The zero-order valence-electron chi connectivity index (χ0n) is 10.9. The molecule has 2 nitrogen and oxygen atoms in total. The maximum absolute atomic E-state index is 12.5. The Morgan fingerprint density at radius 1 is 1.05 bits per heavy atom. The molecule has 102 valence electrons. The molecule has 0 saturated heterocycles. The van der Waals surface area contributed by atoms with E-state index in [1.165, 1.54) is 12.1 Å². The maximum atomic E-state index is 12.5. The minimum atomic E-state index is -4.70. The van der Waals surface area contributed by atoms with Gasteiger partial charge in [0, 0.05) is 17.1 Å². The fourth-order valence-corrected chi connectivity index (χ4v) is 2.12. The Labute approximate surface area is 109 Å². The molecule has 0 spiro atoms. The number of alkyl halides is 3. The Kier molecular flexibility index (Phi) is 3.16. The Bertz CT molecular complexity index is 600. The summed E-state index contributed by atoms with van der Waals surface area (Å²) in [5.41, 5.74) is 0.681. The largest absolute Gasteiger partial charge is 0.573 e. The molecule has 0 saturated carbocycles. The fourth-order valence-electron chi connectivity index (χ4n) is 2.12. The van der Waals surface area contributed by atoms with E-state index >= 15 is 0 Å². The van der Waals surface area contributed by atoms with E-state index in [1.807, 2.05) is 20.8 Å². The lowest BCUT2D eigenvalue weighted by molar-refractivity contribution is -0.275. The van der Waals surface area contributed by atoms with Crippen LogP contribution in [0.2, 0.25) is 0 Å². The van der Waals surface area contributed by atoms with Crippen LogP contribution in [0.15, 0.2) is 30.5 Å². The Morgan fingerprint density at radius 3 is 2.32 bits per heavy atom. The van der Waals surface area contributed by atoms with Gasteiger partial charge in [-0.05, 0) is 23.6 Å². The molecule has 5 heteroatoms. The Balaban J connectivity index is 2.71. The van der Waals surface area contributed by atoms with Gasteiger partial charge in [0.1, 0.15) is 5.75 Å². The van der Waals surface area contributed by atoms with Crippen LogP contribution in [0.3, 0.4) is 0 Å². The van der Waals surface area contributed by atoms with Crippen LogP contribution < -0.4 is 4.74 Å². The van der Waals surface area contributed by atoms with E-state index in [2.05, 4.69) is 9.72 Å². The summed E-state index contributed by atoms with van der Waals surface area (Å²) in [6.45, 7) is 5.54. The number of fused-ring (bicyclic) bond motifs is 1. The molecular weight excluding hydrogens is 255 g/mol. The van der Waals surface area contributed by atoms with Crippen LogP contribution >= 0.6 is 0 Å². The second-order valence-electron chi connectivity index (χ2n) is 5.31. The predicted octanol–water partition coefficient (Wildman–Crippen LogP) is 4.43. The highest BCUT2D eigenvalue weighted by Gasteiger charge is 2.34. The van der Waals surface area contributed by atoms with E-state index in [1.54, 1.807) is 18.3 Å². The van der Waals surface area contributed by atoms with Crippen LogP contribution in [0.1, 0.15) is 26.3 Å². The Hall–Kier alpha value is -1.78. The molecule has 1 aromatic carbocycles. The van der Waals surface area contributed by atoms with Crippen molar-refractivity contribution in [2.45, 2.75) is 32.5 Å². The molecule has 0 aliphatic carbocycles. The summed E-state index contributed by atoms with van der Waals surface area (Å²) in [6, 6.07) is 6.32. The number of pyridine rings is 1. The molecule has 0 aliphatic rings. The quantitative estimate of drug-likeness (QED) is 0.764. The first-order valence-corrected chi connectivity index (χ1v) is 5.82. The van der Waals surface area contributed by atoms with Crippen LogP contribution in [-0.2, 0) is 5.41 Å². The predicted molar refractivity (Wildman–Crippen MR) is 67.1 cm³/mol. The van der Waals surface area contributed by atoms with Gasteiger partial charge in [-0.2, -0.15) is 0 Å². The summed E-state index contributed by atoms with van der Waals surface area (Å²) < 4.78 is 41.6. The molecule has 0 atom stereocenters. The van der Waals surface area contributed by atoms with E-state index in [9.17, 15) is 13.2 Å². The smallest absolute Gasteiger partial charge is 0.405 e. The number of benzene rings is 1. The first kappa shape index (κ1) is 13.6. The van der Waals surface area contributed by atoms with Gasteiger partial charge >= 0.3 is 6.36 Å². The fraction of sp³-hybridized carbons (Fsp3) is 0.357. The van der Waals surface area contributed by atoms with Crippen LogP contribution in [0, 0.1) is 0 Å². The number of halogens is 3. The topological polar surface area (TPSA) is 22.1 Å². The molecule has 0 fully saturated rings. The molecule has 2 aromatic rings. The molecule has 19 heavy (non-hydrogen) atoms. The molecule has 1 heterocycles. The summed E-state index contributed by atoms with van der Waals surface area (Å²) in [4.78, 5) is 4.16. The number of hydrogen-bond acceptors (Lipinski definition) is 2. The van der Waals surface area contributed by atoms with Crippen molar-refractivity contribution >= 4 is 10.9 Å². The zero-order valence-corrected chi connectivity index (χ0v) is 10.9. The first-order valence-electron chi connectivity index (χ1n) is 5.82. The second-order valence-corrected chi connectivity index (χ2v) is 5.31. The summed E-state index contributed by atoms with van der Waals surface area (Å²) >= 11 is 0. The van der Waals surface area contributed by atoms with Crippen molar-refractivity contribution in [1.82, 2.24) is 4.98 Å². The number of ether oxygens (including phenoxy) is 1. The second kappa shape index (κ2) is 4.40. The Morgan fingerprint density at radius 2 is 1.74 bits per heavy atom. The lowest BCUT2D eigenvalue weighted by Gasteiger charge is -2.25. The number of hydrogen-bond donors (Lipinski definition) is 0. The normalized spacial score (nSPS) is 12.7. The minimum absolute atomic E-state index is 0.166. The van der Waals surface area contributed by atoms with Gasteiger partial charge in [0.05, 0.1) is 5.52 Å². The van der Waals surface area contributed by atoms with Crippen molar-refractivity contribution in [2.75, 3.05) is 0 Å². The highest BCUT2D eigenvalue weighted by atomic mass is 19.4.